The maximum Gasteiger partial charge on any atom is 0.161 e. The van der Waals surface area contributed by atoms with Gasteiger partial charge < -0.3 is 13.9 Å². The summed E-state index contributed by atoms with van der Waals surface area (Å²) in [5, 5.41) is 4.64. The first-order valence-corrected chi connectivity index (χ1v) is 15.7. The van der Waals surface area contributed by atoms with Gasteiger partial charge in [-0.2, -0.15) is 0 Å². The normalized spacial score (nSPS) is 11.6. The number of fused-ring (bicyclic) bond motifs is 6. The summed E-state index contributed by atoms with van der Waals surface area (Å²) in [6, 6.07) is 58.3. The molecule has 2 aromatic heterocycles. The Hall–Kier alpha value is -6.06. The maximum atomic E-state index is 6.62. The van der Waals surface area contributed by atoms with Gasteiger partial charge in [0.05, 0.1) is 11.2 Å². The molecule has 0 spiro atoms. The first kappa shape index (κ1) is 26.4. The lowest BCUT2D eigenvalue weighted by Gasteiger charge is -2.27. The number of benzene rings is 7. The summed E-state index contributed by atoms with van der Waals surface area (Å²) in [6.45, 7) is 2.14. The Labute approximate surface area is 267 Å². The van der Waals surface area contributed by atoms with Gasteiger partial charge in [-0.1, -0.05) is 103 Å². The lowest BCUT2D eigenvalue weighted by atomic mass is 9.96. The number of hydrogen-bond acceptors (Lipinski definition) is 2. The van der Waals surface area contributed by atoms with E-state index in [0.717, 1.165) is 61.3 Å². The zero-order valence-electron chi connectivity index (χ0n) is 25.4. The van der Waals surface area contributed by atoms with Gasteiger partial charge in [-0.15, -0.1) is 0 Å². The van der Waals surface area contributed by atoms with E-state index in [0.29, 0.717) is 0 Å². The molecule has 0 aliphatic carbocycles. The molecule has 0 aliphatic rings. The number of aromatic nitrogens is 1. The largest absolute Gasteiger partial charge is 0.454 e. The van der Waals surface area contributed by atoms with E-state index in [1.54, 1.807) is 0 Å². The maximum absolute atomic E-state index is 6.62. The smallest absolute Gasteiger partial charge is 0.161 e. The molecule has 46 heavy (non-hydrogen) atoms. The fourth-order valence-electron chi connectivity index (χ4n) is 6.97. The molecule has 0 unspecified atom stereocenters. The average molecular weight is 591 g/mol. The van der Waals surface area contributed by atoms with E-state index < -0.39 is 0 Å². The van der Waals surface area contributed by atoms with Crippen LogP contribution >= 0.6 is 0 Å². The third-order valence-electron chi connectivity index (χ3n) is 9.02. The van der Waals surface area contributed by atoms with Crippen LogP contribution in [0.3, 0.4) is 0 Å². The summed E-state index contributed by atoms with van der Waals surface area (Å²) in [6.07, 6.45) is 0. The molecule has 0 saturated heterocycles. The number of rotatable bonds is 5. The van der Waals surface area contributed by atoms with Gasteiger partial charge in [-0.3, -0.25) is 0 Å². The van der Waals surface area contributed by atoms with Crippen LogP contribution in [0, 0.1) is 6.92 Å². The van der Waals surface area contributed by atoms with E-state index in [-0.39, 0.29) is 0 Å². The Morgan fingerprint density at radius 2 is 1.20 bits per heavy atom. The minimum atomic E-state index is 0.907. The van der Waals surface area contributed by atoms with Crippen molar-refractivity contribution >= 4 is 60.8 Å². The van der Waals surface area contributed by atoms with Crippen LogP contribution in [-0.2, 0) is 0 Å². The number of furan rings is 1. The number of para-hydroxylation sites is 3. The van der Waals surface area contributed by atoms with E-state index in [9.17, 15) is 0 Å². The lowest BCUT2D eigenvalue weighted by molar-refractivity contribution is 0.672. The van der Waals surface area contributed by atoms with Crippen molar-refractivity contribution in [3.63, 3.8) is 0 Å². The minimum absolute atomic E-state index is 0.907. The van der Waals surface area contributed by atoms with Crippen LogP contribution in [-0.4, -0.2) is 4.57 Å². The van der Waals surface area contributed by atoms with Crippen LogP contribution in [0.2, 0.25) is 0 Å². The molecule has 0 saturated carbocycles. The van der Waals surface area contributed by atoms with Gasteiger partial charge in [0.15, 0.2) is 5.58 Å². The molecule has 0 aliphatic heterocycles. The van der Waals surface area contributed by atoms with Crippen LogP contribution in [0.15, 0.2) is 168 Å². The fraction of sp³-hybridized carbons (Fsp3) is 0.0233. The van der Waals surface area contributed by atoms with Crippen molar-refractivity contribution in [2.24, 2.45) is 0 Å². The highest BCUT2D eigenvalue weighted by atomic mass is 16.3. The van der Waals surface area contributed by atoms with Gasteiger partial charge in [-0.25, -0.2) is 0 Å². The SMILES string of the molecule is Cc1ccc2oc3c4cc(-c5cccc6c(N(c7ccccc7)c7ccccc7)cccc56)ccc4n(-c4ccccc4)c3c2c1. The molecule has 3 heteroatoms. The van der Waals surface area contributed by atoms with E-state index in [1.807, 2.05) is 0 Å². The summed E-state index contributed by atoms with van der Waals surface area (Å²) in [5.74, 6) is 0. The van der Waals surface area contributed by atoms with Crippen molar-refractivity contribution in [1.29, 1.82) is 0 Å². The van der Waals surface area contributed by atoms with E-state index in [4.69, 9.17) is 4.42 Å². The van der Waals surface area contributed by atoms with E-state index in [2.05, 4.69) is 180 Å². The van der Waals surface area contributed by atoms with Crippen molar-refractivity contribution in [2.75, 3.05) is 4.90 Å². The third-order valence-corrected chi connectivity index (χ3v) is 9.02. The molecule has 3 nitrogen and oxygen atoms in total. The van der Waals surface area contributed by atoms with Crippen molar-refractivity contribution in [3.8, 4) is 16.8 Å². The van der Waals surface area contributed by atoms with Crippen LogP contribution < -0.4 is 4.90 Å². The van der Waals surface area contributed by atoms with Crippen molar-refractivity contribution < 1.29 is 4.42 Å². The van der Waals surface area contributed by atoms with Crippen molar-refractivity contribution in [2.45, 2.75) is 6.92 Å². The summed E-state index contributed by atoms with van der Waals surface area (Å²) in [5.41, 5.74) is 12.1. The Kier molecular flexibility index (Phi) is 6.04. The molecule has 9 aromatic rings. The molecular formula is C43H30N2O. The second-order valence-corrected chi connectivity index (χ2v) is 11.9. The highest BCUT2D eigenvalue weighted by Gasteiger charge is 2.21. The third kappa shape index (κ3) is 4.13. The molecule has 2 heterocycles. The molecular weight excluding hydrogens is 560 g/mol. The highest BCUT2D eigenvalue weighted by Crippen LogP contribution is 2.43. The highest BCUT2D eigenvalue weighted by molar-refractivity contribution is 6.17. The van der Waals surface area contributed by atoms with Crippen LogP contribution in [0.5, 0.6) is 0 Å². The molecule has 0 bridgehead atoms. The summed E-state index contributed by atoms with van der Waals surface area (Å²) in [4.78, 5) is 2.34. The van der Waals surface area contributed by atoms with Gasteiger partial charge in [0.1, 0.15) is 11.1 Å². The number of anilines is 3. The monoisotopic (exact) mass is 590 g/mol. The predicted octanol–water partition coefficient (Wildman–Crippen LogP) is 12.1. The Balaban J connectivity index is 1.28. The first-order chi connectivity index (χ1) is 22.7. The standard InChI is InChI=1S/C43H30N2O/c1-29-23-26-41-38(27-29)42-43(46-41)37-28-30(24-25-40(37)45(42)33-17-9-4-10-18-33)34-19-11-21-36-35(34)20-12-22-39(36)44(31-13-5-2-6-14-31)32-15-7-3-8-16-32/h2-28H,1H3. The second kappa shape index (κ2) is 10.5. The minimum Gasteiger partial charge on any atom is -0.454 e. The van der Waals surface area contributed by atoms with Crippen molar-refractivity contribution in [1.82, 2.24) is 4.57 Å². The molecule has 7 aromatic carbocycles. The predicted molar refractivity (Wildman–Crippen MR) is 193 cm³/mol. The van der Waals surface area contributed by atoms with Gasteiger partial charge >= 0.3 is 0 Å². The molecule has 0 N–H and O–H groups in total. The van der Waals surface area contributed by atoms with Crippen LogP contribution in [0.4, 0.5) is 17.1 Å². The first-order valence-electron chi connectivity index (χ1n) is 15.7. The molecule has 0 amide bonds. The van der Waals surface area contributed by atoms with Gasteiger partial charge in [0.2, 0.25) is 0 Å². The van der Waals surface area contributed by atoms with Crippen LogP contribution in [0.1, 0.15) is 5.56 Å². The summed E-state index contributed by atoms with van der Waals surface area (Å²) < 4.78 is 8.97. The van der Waals surface area contributed by atoms with Gasteiger partial charge in [0, 0.05) is 33.2 Å². The molecule has 0 fully saturated rings. The topological polar surface area (TPSA) is 21.3 Å². The molecule has 218 valence electrons. The zero-order valence-corrected chi connectivity index (χ0v) is 25.4. The van der Waals surface area contributed by atoms with Crippen molar-refractivity contribution in [3.05, 3.63) is 169 Å². The number of nitrogens with zero attached hydrogens (tertiary/aromatic N) is 2. The van der Waals surface area contributed by atoms with E-state index in [1.165, 1.54) is 21.9 Å². The molecule has 9 rings (SSSR count). The van der Waals surface area contributed by atoms with Gasteiger partial charge in [0.25, 0.3) is 0 Å². The lowest BCUT2D eigenvalue weighted by Crippen LogP contribution is -2.10. The molecule has 0 radical (unpaired) electrons. The zero-order chi connectivity index (χ0) is 30.6. The van der Waals surface area contributed by atoms with Gasteiger partial charge in [-0.05, 0) is 90.2 Å². The fourth-order valence-corrected chi connectivity index (χ4v) is 6.97. The number of hydrogen-bond donors (Lipinski definition) is 0. The second-order valence-electron chi connectivity index (χ2n) is 11.9. The summed E-state index contributed by atoms with van der Waals surface area (Å²) in [7, 11) is 0. The molecule has 0 atom stereocenters. The van der Waals surface area contributed by atoms with E-state index >= 15 is 0 Å². The van der Waals surface area contributed by atoms with Crippen LogP contribution in [0.25, 0.3) is 60.6 Å². The average Bonchev–Trinajstić information content (AvgIpc) is 3.63. The Bertz CT molecular complexity index is 2490. The Morgan fingerprint density at radius 1 is 0.522 bits per heavy atom. The number of aryl methyl sites for hydroxylation is 1. The Morgan fingerprint density at radius 3 is 1.93 bits per heavy atom. The summed E-state index contributed by atoms with van der Waals surface area (Å²) >= 11 is 0. The quantitative estimate of drug-likeness (QED) is 0.199.